The molecule has 3 aromatic rings. The summed E-state index contributed by atoms with van der Waals surface area (Å²) < 4.78 is 45.1. The maximum atomic E-state index is 14.0. The molecule has 0 spiro atoms. The van der Waals surface area contributed by atoms with E-state index >= 15 is 0 Å². The van der Waals surface area contributed by atoms with Crippen molar-refractivity contribution in [3.8, 4) is 11.1 Å². The largest absolute Gasteiger partial charge is 0.472 e. The van der Waals surface area contributed by atoms with Gasteiger partial charge in [-0.05, 0) is 35.4 Å². The number of furan rings is 1. The van der Waals surface area contributed by atoms with Crippen molar-refractivity contribution >= 4 is 9.84 Å². The molecular weight excluding hydrogens is 365 g/mol. The minimum absolute atomic E-state index is 0.0800. The van der Waals surface area contributed by atoms with Crippen LogP contribution < -0.4 is 0 Å². The smallest absolute Gasteiger partial charge is 0.183 e. The Labute approximate surface area is 157 Å². The summed E-state index contributed by atoms with van der Waals surface area (Å²) in [6.07, 6.45) is 3.26. The van der Waals surface area contributed by atoms with Crippen LogP contribution in [0, 0.1) is 5.82 Å². The highest BCUT2D eigenvalue weighted by atomic mass is 32.2. The number of likely N-dealkylation sites (tertiary alicyclic amines) is 1. The van der Waals surface area contributed by atoms with Gasteiger partial charge in [0.15, 0.2) is 9.84 Å². The van der Waals surface area contributed by atoms with Gasteiger partial charge in [-0.25, -0.2) is 12.8 Å². The number of rotatable bonds is 3. The van der Waals surface area contributed by atoms with E-state index in [-0.39, 0.29) is 11.7 Å². The number of sulfone groups is 1. The van der Waals surface area contributed by atoms with Gasteiger partial charge in [-0.3, -0.25) is 4.90 Å². The van der Waals surface area contributed by atoms with Crippen molar-refractivity contribution in [3.05, 3.63) is 78.0 Å². The molecule has 2 aromatic carbocycles. The summed E-state index contributed by atoms with van der Waals surface area (Å²) in [5.74, 6) is -0.330. The van der Waals surface area contributed by atoms with Gasteiger partial charge in [0.05, 0.1) is 22.7 Å². The minimum Gasteiger partial charge on any atom is -0.472 e. The summed E-state index contributed by atoms with van der Waals surface area (Å²) >= 11 is 0. The van der Waals surface area contributed by atoms with Gasteiger partial charge in [-0.2, -0.15) is 0 Å². The van der Waals surface area contributed by atoms with Crippen molar-refractivity contribution in [2.75, 3.05) is 13.1 Å². The predicted octanol–water partition coefficient (Wildman–Crippen LogP) is 3.84. The molecule has 0 unspecified atom stereocenters. The lowest BCUT2D eigenvalue weighted by Gasteiger charge is -2.18. The Hall–Kier alpha value is -2.44. The molecule has 2 aliphatic rings. The fraction of sp³-hybridized carbons (Fsp3) is 0.238. The maximum absolute atomic E-state index is 14.0. The second-order valence-corrected chi connectivity index (χ2v) is 9.38. The number of nitrogens with zero attached hydrogens (tertiary/aromatic N) is 1. The summed E-state index contributed by atoms with van der Waals surface area (Å²) in [4.78, 5) is 2.48. The van der Waals surface area contributed by atoms with Gasteiger partial charge < -0.3 is 4.42 Å². The zero-order valence-electron chi connectivity index (χ0n) is 14.5. The lowest BCUT2D eigenvalue weighted by atomic mass is 9.95. The third-order valence-electron chi connectivity index (χ3n) is 5.66. The summed E-state index contributed by atoms with van der Waals surface area (Å²) in [5, 5.41) is -0.459. The molecule has 27 heavy (non-hydrogen) atoms. The molecule has 2 aliphatic heterocycles. The monoisotopic (exact) mass is 383 g/mol. The molecule has 1 fully saturated rings. The predicted molar refractivity (Wildman–Crippen MR) is 99.5 cm³/mol. The third kappa shape index (κ3) is 2.63. The van der Waals surface area contributed by atoms with Gasteiger partial charge in [0, 0.05) is 36.7 Å². The topological polar surface area (TPSA) is 50.5 Å². The standard InChI is InChI=1S/C21H18FNO3S/c22-19-4-2-1-3-15(19)10-23-11-18-17-9-14(16-7-8-26-13-16)5-6-20(17)27(24,25)21(18)12-23/h1-9,13,18,21H,10-12H2/t18-,21+/m0/s1. The molecule has 4 nitrogen and oxygen atoms in total. The molecule has 2 atom stereocenters. The zero-order chi connectivity index (χ0) is 18.6. The van der Waals surface area contributed by atoms with Gasteiger partial charge in [0.2, 0.25) is 0 Å². The number of hydrogen-bond acceptors (Lipinski definition) is 4. The first-order valence-electron chi connectivity index (χ1n) is 8.90. The molecule has 6 heteroatoms. The fourth-order valence-corrected chi connectivity index (χ4v) is 6.53. The second kappa shape index (κ2) is 6.04. The highest BCUT2D eigenvalue weighted by Gasteiger charge is 2.50. The first-order chi connectivity index (χ1) is 13.0. The molecule has 0 radical (unpaired) electrons. The fourth-order valence-electron chi connectivity index (χ4n) is 4.33. The molecule has 0 N–H and O–H groups in total. The van der Waals surface area contributed by atoms with Gasteiger partial charge >= 0.3 is 0 Å². The van der Waals surface area contributed by atoms with Crippen molar-refractivity contribution in [3.63, 3.8) is 0 Å². The molecule has 138 valence electrons. The number of benzene rings is 2. The molecule has 0 amide bonds. The number of fused-ring (bicyclic) bond motifs is 3. The van der Waals surface area contributed by atoms with E-state index in [4.69, 9.17) is 4.42 Å². The van der Waals surface area contributed by atoms with E-state index < -0.39 is 15.1 Å². The SMILES string of the molecule is O=S1(=O)c2ccc(-c3ccoc3)cc2[C@@H]2CN(Cc3ccccc3F)C[C@H]21. The summed E-state index contributed by atoms with van der Waals surface area (Å²) in [7, 11) is -3.36. The van der Waals surface area contributed by atoms with Crippen molar-refractivity contribution in [1.82, 2.24) is 4.90 Å². The molecule has 0 saturated carbocycles. The Morgan fingerprint density at radius 3 is 2.70 bits per heavy atom. The van der Waals surface area contributed by atoms with Gasteiger partial charge in [-0.15, -0.1) is 0 Å². The summed E-state index contributed by atoms with van der Waals surface area (Å²) in [5.41, 5.74) is 3.35. The van der Waals surface area contributed by atoms with Crippen LogP contribution in [0.2, 0.25) is 0 Å². The van der Waals surface area contributed by atoms with Crippen molar-refractivity contribution in [2.24, 2.45) is 0 Å². The van der Waals surface area contributed by atoms with E-state index in [1.165, 1.54) is 6.07 Å². The normalized spacial score (nSPS) is 23.3. The third-order valence-corrected chi connectivity index (χ3v) is 7.92. The first kappa shape index (κ1) is 16.7. The quantitative estimate of drug-likeness (QED) is 0.690. The Bertz CT molecular complexity index is 1110. The maximum Gasteiger partial charge on any atom is 0.183 e. The second-order valence-electron chi connectivity index (χ2n) is 7.24. The summed E-state index contributed by atoms with van der Waals surface area (Å²) in [6.45, 7) is 1.46. The minimum atomic E-state index is -3.36. The molecule has 0 bridgehead atoms. The lowest BCUT2D eigenvalue weighted by molar-refractivity contribution is 0.320. The van der Waals surface area contributed by atoms with Gasteiger partial charge in [-0.1, -0.05) is 24.3 Å². The molecule has 1 saturated heterocycles. The molecule has 0 aliphatic carbocycles. The zero-order valence-corrected chi connectivity index (χ0v) is 15.3. The Kier molecular flexibility index (Phi) is 3.74. The van der Waals surface area contributed by atoms with E-state index in [1.54, 1.807) is 36.8 Å². The average Bonchev–Trinajstić information content (AvgIpc) is 3.36. The highest BCUT2D eigenvalue weighted by molar-refractivity contribution is 7.92. The van der Waals surface area contributed by atoms with Crippen LogP contribution in [0.4, 0.5) is 4.39 Å². The Morgan fingerprint density at radius 2 is 1.93 bits per heavy atom. The molecule has 1 aromatic heterocycles. The van der Waals surface area contributed by atoms with E-state index in [9.17, 15) is 12.8 Å². The van der Waals surface area contributed by atoms with Crippen LogP contribution in [0.5, 0.6) is 0 Å². The molecule has 5 rings (SSSR count). The number of halogens is 1. The van der Waals surface area contributed by atoms with E-state index in [2.05, 4.69) is 0 Å². The van der Waals surface area contributed by atoms with Gasteiger partial charge in [0.1, 0.15) is 5.82 Å². The van der Waals surface area contributed by atoms with Crippen molar-refractivity contribution < 1.29 is 17.2 Å². The van der Waals surface area contributed by atoms with Crippen molar-refractivity contribution in [2.45, 2.75) is 22.6 Å². The van der Waals surface area contributed by atoms with Crippen LogP contribution in [0.15, 0.2) is 70.4 Å². The van der Waals surface area contributed by atoms with Crippen LogP contribution in [-0.2, 0) is 16.4 Å². The molecular formula is C21H18FNO3S. The lowest BCUT2D eigenvalue weighted by Crippen LogP contribution is -2.26. The molecule has 3 heterocycles. The van der Waals surface area contributed by atoms with Crippen LogP contribution in [0.25, 0.3) is 11.1 Å². The van der Waals surface area contributed by atoms with Crippen LogP contribution >= 0.6 is 0 Å². The Morgan fingerprint density at radius 1 is 1.07 bits per heavy atom. The van der Waals surface area contributed by atoms with Gasteiger partial charge in [0.25, 0.3) is 0 Å². The Balaban J connectivity index is 1.48. The van der Waals surface area contributed by atoms with Crippen molar-refractivity contribution in [1.29, 1.82) is 0 Å². The van der Waals surface area contributed by atoms with Crippen LogP contribution in [0.3, 0.4) is 0 Å². The van der Waals surface area contributed by atoms with E-state index in [0.29, 0.717) is 30.1 Å². The number of hydrogen-bond donors (Lipinski definition) is 0. The van der Waals surface area contributed by atoms with Crippen LogP contribution in [-0.4, -0.2) is 31.7 Å². The van der Waals surface area contributed by atoms with E-state index in [0.717, 1.165) is 16.7 Å². The summed E-state index contributed by atoms with van der Waals surface area (Å²) in [6, 6.07) is 14.0. The highest BCUT2D eigenvalue weighted by Crippen LogP contribution is 2.46. The average molecular weight is 383 g/mol. The van der Waals surface area contributed by atoms with E-state index in [1.807, 2.05) is 23.1 Å². The first-order valence-corrected chi connectivity index (χ1v) is 10.4. The van der Waals surface area contributed by atoms with Crippen LogP contribution in [0.1, 0.15) is 17.0 Å².